The average molecular weight is 390 g/mol. The van der Waals surface area contributed by atoms with E-state index in [0.29, 0.717) is 5.56 Å². The number of amides is 2. The zero-order valence-electron chi connectivity index (χ0n) is 14.1. The summed E-state index contributed by atoms with van der Waals surface area (Å²) in [6.45, 7) is -0.336. The second-order valence-electron chi connectivity index (χ2n) is 5.36. The molecule has 0 radical (unpaired) electrons. The number of nitrogens with one attached hydrogen (secondary N) is 2. The number of carboxylic acids is 1. The number of nitrogens with zero attached hydrogens (tertiary/aromatic N) is 2. The van der Waals surface area contributed by atoms with Crippen LogP contribution in [0.4, 0.5) is 5.13 Å². The van der Waals surface area contributed by atoms with Gasteiger partial charge in [-0.2, -0.15) is 4.99 Å². The second kappa shape index (κ2) is 9.29. The van der Waals surface area contributed by atoms with Gasteiger partial charge >= 0.3 is 5.97 Å². The molecular formula is C16H18N6O4S. The maximum atomic E-state index is 12.1. The van der Waals surface area contributed by atoms with E-state index >= 15 is 0 Å². The van der Waals surface area contributed by atoms with E-state index in [1.807, 2.05) is 0 Å². The molecule has 2 rings (SSSR count). The van der Waals surface area contributed by atoms with Crippen molar-refractivity contribution < 1.29 is 19.5 Å². The summed E-state index contributed by atoms with van der Waals surface area (Å²) in [5, 5.41) is 15.7. The second-order valence-corrected chi connectivity index (χ2v) is 6.20. The summed E-state index contributed by atoms with van der Waals surface area (Å²) in [7, 11) is 0. The van der Waals surface area contributed by atoms with Crippen molar-refractivity contribution in [3.63, 3.8) is 0 Å². The molecule has 0 fully saturated rings. The average Bonchev–Trinajstić information content (AvgIpc) is 3.07. The normalized spacial score (nSPS) is 11.3. The van der Waals surface area contributed by atoms with Crippen molar-refractivity contribution >= 4 is 40.2 Å². The van der Waals surface area contributed by atoms with Gasteiger partial charge in [-0.25, -0.2) is 4.98 Å². The van der Waals surface area contributed by atoms with E-state index in [-0.39, 0.29) is 29.8 Å². The number of hydrogen-bond donors (Lipinski definition) is 5. The molecule has 0 bridgehead atoms. The Morgan fingerprint density at radius 1 is 1.22 bits per heavy atom. The predicted octanol–water partition coefficient (Wildman–Crippen LogP) is 0.110. The molecule has 2 amide bonds. The van der Waals surface area contributed by atoms with E-state index < -0.39 is 23.8 Å². The Balaban J connectivity index is 1.93. The number of carboxylic acid groups (broad SMARTS) is 1. The lowest BCUT2D eigenvalue weighted by molar-refractivity contribution is -0.137. The summed E-state index contributed by atoms with van der Waals surface area (Å²) in [6, 6.07) is 8.00. The highest BCUT2D eigenvalue weighted by Gasteiger charge is 2.19. The van der Waals surface area contributed by atoms with Gasteiger partial charge in [0.15, 0.2) is 5.96 Å². The number of hydrogen-bond acceptors (Lipinski definition) is 6. The van der Waals surface area contributed by atoms with Gasteiger partial charge in [0.2, 0.25) is 11.0 Å². The van der Waals surface area contributed by atoms with Crippen molar-refractivity contribution in [2.24, 2.45) is 16.5 Å². The van der Waals surface area contributed by atoms with Gasteiger partial charge in [-0.05, 0) is 5.56 Å². The van der Waals surface area contributed by atoms with Crippen LogP contribution >= 0.6 is 11.3 Å². The third-order valence-electron chi connectivity index (χ3n) is 3.27. The molecule has 0 aliphatic heterocycles. The summed E-state index contributed by atoms with van der Waals surface area (Å²) in [5.41, 5.74) is 11.2. The van der Waals surface area contributed by atoms with Crippen LogP contribution in [0.3, 0.4) is 0 Å². The van der Waals surface area contributed by atoms with Crippen LogP contribution in [0.5, 0.6) is 0 Å². The number of thiazole rings is 1. The van der Waals surface area contributed by atoms with Crippen molar-refractivity contribution in [2.75, 3.05) is 6.54 Å². The van der Waals surface area contributed by atoms with Gasteiger partial charge in [0.1, 0.15) is 5.69 Å². The molecule has 1 atom stereocenters. The van der Waals surface area contributed by atoms with Crippen molar-refractivity contribution in [1.82, 2.24) is 15.6 Å². The number of benzene rings is 1. The van der Waals surface area contributed by atoms with Gasteiger partial charge in [0, 0.05) is 5.38 Å². The molecule has 0 aliphatic rings. The van der Waals surface area contributed by atoms with Crippen LogP contribution in [0, 0.1) is 0 Å². The number of carbonyl (C=O) groups excluding carboxylic acids is 2. The minimum Gasteiger partial charge on any atom is -0.481 e. The van der Waals surface area contributed by atoms with Crippen molar-refractivity contribution in [1.29, 1.82) is 0 Å². The zero-order chi connectivity index (χ0) is 19.8. The first kappa shape index (κ1) is 19.8. The Bertz CT molecular complexity index is 848. The largest absolute Gasteiger partial charge is 0.481 e. The fourth-order valence-electron chi connectivity index (χ4n) is 2.14. The van der Waals surface area contributed by atoms with Gasteiger partial charge in [0.05, 0.1) is 19.0 Å². The Morgan fingerprint density at radius 2 is 1.93 bits per heavy atom. The Kier molecular flexibility index (Phi) is 6.83. The monoisotopic (exact) mass is 390 g/mol. The van der Waals surface area contributed by atoms with Crippen molar-refractivity contribution in [3.05, 3.63) is 47.0 Å². The van der Waals surface area contributed by atoms with E-state index in [9.17, 15) is 14.4 Å². The third-order valence-corrected chi connectivity index (χ3v) is 4.01. The van der Waals surface area contributed by atoms with Crippen LogP contribution in [0.25, 0.3) is 0 Å². The molecule has 10 nitrogen and oxygen atoms in total. The summed E-state index contributed by atoms with van der Waals surface area (Å²) in [5.74, 6) is -2.34. The number of aliphatic imine (C=N–C) groups is 1. The zero-order valence-corrected chi connectivity index (χ0v) is 14.9. The van der Waals surface area contributed by atoms with Crippen LogP contribution in [0.15, 0.2) is 40.7 Å². The minimum absolute atomic E-state index is 0.0675. The first-order valence-corrected chi connectivity index (χ1v) is 8.62. The quantitative estimate of drug-likeness (QED) is 0.314. The fourth-order valence-corrected chi connectivity index (χ4v) is 2.82. The fraction of sp³-hybridized carbons (Fsp3) is 0.188. The Hall–Kier alpha value is -3.47. The first-order valence-electron chi connectivity index (χ1n) is 7.74. The maximum absolute atomic E-state index is 12.1. The molecule has 7 N–H and O–H groups in total. The van der Waals surface area contributed by atoms with E-state index in [1.54, 1.807) is 30.3 Å². The number of rotatable bonds is 8. The van der Waals surface area contributed by atoms with Gasteiger partial charge in [-0.3, -0.25) is 14.4 Å². The predicted molar refractivity (Wildman–Crippen MR) is 99.5 cm³/mol. The topological polar surface area (TPSA) is 173 Å². The van der Waals surface area contributed by atoms with E-state index in [0.717, 1.165) is 11.3 Å². The number of aliphatic carboxylic acids is 1. The number of aromatic nitrogens is 1. The molecule has 142 valence electrons. The molecule has 1 aromatic carbocycles. The maximum Gasteiger partial charge on any atom is 0.305 e. The smallest absolute Gasteiger partial charge is 0.305 e. The highest BCUT2D eigenvalue weighted by Crippen LogP contribution is 2.18. The molecule has 0 spiro atoms. The number of nitrogens with two attached hydrogens (primary N) is 2. The Labute approximate surface area is 158 Å². The van der Waals surface area contributed by atoms with Crippen molar-refractivity contribution in [2.45, 2.75) is 12.5 Å². The molecule has 11 heteroatoms. The molecule has 0 saturated heterocycles. The van der Waals surface area contributed by atoms with Crippen LogP contribution < -0.4 is 22.1 Å². The third kappa shape index (κ3) is 6.40. The first-order chi connectivity index (χ1) is 12.8. The van der Waals surface area contributed by atoms with Crippen molar-refractivity contribution in [3.8, 4) is 0 Å². The van der Waals surface area contributed by atoms with E-state index in [2.05, 4.69) is 20.6 Å². The van der Waals surface area contributed by atoms with Crippen LogP contribution in [0.1, 0.15) is 28.5 Å². The molecular weight excluding hydrogens is 372 g/mol. The van der Waals surface area contributed by atoms with Crippen LogP contribution in [-0.4, -0.2) is 40.4 Å². The molecule has 0 aliphatic carbocycles. The lowest BCUT2D eigenvalue weighted by atomic mass is 10.0. The van der Waals surface area contributed by atoms with Crippen LogP contribution in [-0.2, 0) is 9.59 Å². The highest BCUT2D eigenvalue weighted by molar-refractivity contribution is 7.13. The van der Waals surface area contributed by atoms with Gasteiger partial charge in [0.25, 0.3) is 5.91 Å². The molecule has 0 saturated carbocycles. The van der Waals surface area contributed by atoms with Crippen LogP contribution in [0.2, 0.25) is 0 Å². The summed E-state index contributed by atoms with van der Waals surface area (Å²) in [6.07, 6.45) is -0.280. The van der Waals surface area contributed by atoms with Gasteiger partial charge in [-0.15, -0.1) is 11.3 Å². The molecule has 27 heavy (non-hydrogen) atoms. The number of carbonyl (C=O) groups is 3. The molecule has 1 heterocycles. The van der Waals surface area contributed by atoms with E-state index in [1.165, 1.54) is 5.38 Å². The molecule has 1 aromatic heterocycles. The highest BCUT2D eigenvalue weighted by atomic mass is 32.1. The Morgan fingerprint density at radius 3 is 2.56 bits per heavy atom. The SMILES string of the molecule is NC(N)=Nc1nc(C(=O)NCC(=O)NC(CC(=O)O)c2ccccc2)cs1. The summed E-state index contributed by atoms with van der Waals surface area (Å²) >= 11 is 1.07. The lowest BCUT2D eigenvalue weighted by Crippen LogP contribution is -2.39. The standard InChI is InChI=1S/C16H18N6O4S/c17-15(18)22-16-21-11(8-27-16)14(26)19-7-12(23)20-10(6-13(24)25)9-4-2-1-3-5-9/h1-5,8,10H,6-7H2,(H,19,26)(H,20,23)(H,24,25)(H4,17,18,21,22). The minimum atomic E-state index is -1.05. The summed E-state index contributed by atoms with van der Waals surface area (Å²) in [4.78, 5) is 42.8. The van der Waals surface area contributed by atoms with Gasteiger partial charge in [-0.1, -0.05) is 30.3 Å². The molecule has 2 aromatic rings. The van der Waals surface area contributed by atoms with Gasteiger partial charge < -0.3 is 27.2 Å². The van der Waals surface area contributed by atoms with E-state index in [4.69, 9.17) is 16.6 Å². The lowest BCUT2D eigenvalue weighted by Gasteiger charge is -2.17. The molecule has 1 unspecified atom stereocenters. The number of guanidine groups is 1. The summed E-state index contributed by atoms with van der Waals surface area (Å²) < 4.78 is 0.